The Balaban J connectivity index is 1.92. The molecule has 0 fully saturated rings. The lowest BCUT2D eigenvalue weighted by Gasteiger charge is -2.10. The van der Waals surface area contributed by atoms with E-state index in [9.17, 15) is 13.2 Å². The van der Waals surface area contributed by atoms with Crippen molar-refractivity contribution in [3.63, 3.8) is 0 Å². The van der Waals surface area contributed by atoms with Gasteiger partial charge in [-0.15, -0.1) is 0 Å². The van der Waals surface area contributed by atoms with E-state index in [0.717, 1.165) is 24.4 Å². The highest BCUT2D eigenvalue weighted by molar-refractivity contribution is 5.86. The van der Waals surface area contributed by atoms with Gasteiger partial charge in [0.1, 0.15) is 11.3 Å². The first kappa shape index (κ1) is 15.1. The first-order valence-corrected chi connectivity index (χ1v) is 6.88. The van der Waals surface area contributed by atoms with E-state index in [1.54, 1.807) is 18.5 Å². The van der Waals surface area contributed by atoms with Gasteiger partial charge < -0.3 is 5.32 Å². The Morgan fingerprint density at radius 2 is 1.87 bits per heavy atom. The van der Waals surface area contributed by atoms with Gasteiger partial charge in [-0.25, -0.2) is 19.9 Å². The third-order valence-corrected chi connectivity index (χ3v) is 3.21. The van der Waals surface area contributed by atoms with Crippen LogP contribution in [-0.2, 0) is 12.6 Å². The molecule has 0 aliphatic rings. The molecule has 118 valence electrons. The molecule has 0 aromatic carbocycles. The van der Waals surface area contributed by atoms with Crippen LogP contribution in [-0.4, -0.2) is 19.9 Å². The minimum absolute atomic E-state index is 0.284. The van der Waals surface area contributed by atoms with E-state index in [-0.39, 0.29) is 5.82 Å². The number of nitrogens with zero attached hydrogens (tertiary/aromatic N) is 4. The second kappa shape index (κ2) is 5.79. The quantitative estimate of drug-likeness (QED) is 0.796. The fraction of sp³-hybridized carbons (Fsp3) is 0.200. The summed E-state index contributed by atoms with van der Waals surface area (Å²) in [7, 11) is 0. The number of rotatable bonds is 3. The highest BCUT2D eigenvalue weighted by Gasteiger charge is 2.30. The SMILES string of the molecule is CCc1cnc2c(Nc3ccc(C(F)(F)F)cn3)ccnc2n1. The molecule has 0 aliphatic heterocycles. The Morgan fingerprint density at radius 3 is 2.52 bits per heavy atom. The highest BCUT2D eigenvalue weighted by Crippen LogP contribution is 2.29. The summed E-state index contributed by atoms with van der Waals surface area (Å²) in [6, 6.07) is 3.91. The van der Waals surface area contributed by atoms with Crippen LogP contribution in [0.25, 0.3) is 11.2 Å². The molecular formula is C15H12F3N5. The van der Waals surface area contributed by atoms with E-state index < -0.39 is 11.7 Å². The summed E-state index contributed by atoms with van der Waals surface area (Å²) in [4.78, 5) is 16.6. The average molecular weight is 319 g/mol. The molecule has 3 rings (SSSR count). The second-order valence-corrected chi connectivity index (χ2v) is 4.80. The lowest BCUT2D eigenvalue weighted by molar-refractivity contribution is -0.137. The van der Waals surface area contributed by atoms with Gasteiger partial charge in [-0.05, 0) is 24.6 Å². The summed E-state index contributed by atoms with van der Waals surface area (Å²) in [6.45, 7) is 1.96. The largest absolute Gasteiger partial charge is 0.417 e. The van der Waals surface area contributed by atoms with Crippen LogP contribution in [0, 0.1) is 0 Å². The van der Waals surface area contributed by atoms with E-state index in [1.807, 2.05) is 6.92 Å². The monoisotopic (exact) mass is 319 g/mol. The van der Waals surface area contributed by atoms with E-state index in [2.05, 4.69) is 25.3 Å². The van der Waals surface area contributed by atoms with Crippen LogP contribution in [0.15, 0.2) is 36.8 Å². The van der Waals surface area contributed by atoms with Crippen LogP contribution in [0.4, 0.5) is 24.7 Å². The topological polar surface area (TPSA) is 63.6 Å². The molecule has 0 amide bonds. The molecule has 0 saturated heterocycles. The number of nitrogens with one attached hydrogen (secondary N) is 1. The Bertz CT molecular complexity index is 831. The van der Waals surface area contributed by atoms with Gasteiger partial charge in [0.2, 0.25) is 0 Å². The van der Waals surface area contributed by atoms with Crippen molar-refractivity contribution in [3.05, 3.63) is 48.0 Å². The first-order valence-electron chi connectivity index (χ1n) is 6.88. The van der Waals surface area contributed by atoms with E-state index in [4.69, 9.17) is 0 Å². The molecule has 3 heterocycles. The Morgan fingerprint density at radius 1 is 1.04 bits per heavy atom. The fourth-order valence-electron chi connectivity index (χ4n) is 2.00. The summed E-state index contributed by atoms with van der Waals surface area (Å²) < 4.78 is 37.6. The number of pyridine rings is 2. The summed E-state index contributed by atoms with van der Waals surface area (Å²) in [5.41, 5.74) is 1.61. The van der Waals surface area contributed by atoms with Crippen molar-refractivity contribution in [2.24, 2.45) is 0 Å². The molecule has 3 aromatic heterocycles. The number of fused-ring (bicyclic) bond motifs is 1. The third-order valence-electron chi connectivity index (χ3n) is 3.21. The van der Waals surface area contributed by atoms with Gasteiger partial charge in [0.25, 0.3) is 0 Å². The minimum Gasteiger partial charge on any atom is -0.338 e. The zero-order valence-corrected chi connectivity index (χ0v) is 12.1. The van der Waals surface area contributed by atoms with Crippen LogP contribution in [0.3, 0.4) is 0 Å². The zero-order valence-electron chi connectivity index (χ0n) is 12.1. The molecule has 0 bridgehead atoms. The predicted octanol–water partition coefficient (Wildman–Crippen LogP) is 3.74. The average Bonchev–Trinajstić information content (AvgIpc) is 2.54. The van der Waals surface area contributed by atoms with Gasteiger partial charge in [0.15, 0.2) is 5.65 Å². The summed E-state index contributed by atoms with van der Waals surface area (Å²) >= 11 is 0. The molecule has 8 heteroatoms. The van der Waals surface area contributed by atoms with Crippen molar-refractivity contribution in [1.29, 1.82) is 0 Å². The number of anilines is 2. The molecule has 5 nitrogen and oxygen atoms in total. The molecule has 1 N–H and O–H groups in total. The minimum atomic E-state index is -4.41. The van der Waals surface area contributed by atoms with E-state index in [1.165, 1.54) is 6.07 Å². The molecular weight excluding hydrogens is 307 g/mol. The Hall–Kier alpha value is -2.77. The van der Waals surface area contributed by atoms with Gasteiger partial charge in [0, 0.05) is 18.6 Å². The molecule has 0 radical (unpaired) electrons. The Kier molecular flexibility index (Phi) is 3.81. The maximum absolute atomic E-state index is 12.5. The molecule has 0 unspecified atom stereocenters. The second-order valence-electron chi connectivity index (χ2n) is 4.80. The Labute approximate surface area is 129 Å². The molecule has 23 heavy (non-hydrogen) atoms. The number of hydrogen-bond acceptors (Lipinski definition) is 5. The number of aromatic nitrogens is 4. The molecule has 0 atom stereocenters. The smallest absolute Gasteiger partial charge is 0.338 e. The highest BCUT2D eigenvalue weighted by atomic mass is 19.4. The van der Waals surface area contributed by atoms with Crippen molar-refractivity contribution in [1.82, 2.24) is 19.9 Å². The summed E-state index contributed by atoms with van der Waals surface area (Å²) in [5, 5.41) is 2.94. The van der Waals surface area contributed by atoms with Crippen molar-refractivity contribution in [2.45, 2.75) is 19.5 Å². The summed E-state index contributed by atoms with van der Waals surface area (Å²) in [6.07, 6.45) is 0.324. The van der Waals surface area contributed by atoms with Gasteiger partial charge >= 0.3 is 6.18 Å². The standard InChI is InChI=1S/C15H12F3N5/c1-2-10-8-21-13-11(5-6-19-14(13)22-10)23-12-4-3-9(7-20-12)15(16,17)18/h3-8H,2H2,1H3,(H,19,20,22,23). The molecule has 0 saturated carbocycles. The van der Waals surface area contributed by atoms with Crippen LogP contribution in [0.2, 0.25) is 0 Å². The van der Waals surface area contributed by atoms with Crippen LogP contribution in [0.1, 0.15) is 18.2 Å². The van der Waals surface area contributed by atoms with Gasteiger partial charge in [-0.2, -0.15) is 13.2 Å². The lowest BCUT2D eigenvalue weighted by Crippen LogP contribution is -2.06. The normalized spacial score (nSPS) is 11.7. The maximum Gasteiger partial charge on any atom is 0.417 e. The first-order chi connectivity index (χ1) is 11.0. The predicted molar refractivity (Wildman–Crippen MR) is 79.2 cm³/mol. The van der Waals surface area contributed by atoms with Crippen molar-refractivity contribution in [2.75, 3.05) is 5.32 Å². The molecule has 3 aromatic rings. The maximum atomic E-state index is 12.5. The van der Waals surface area contributed by atoms with Crippen molar-refractivity contribution >= 4 is 22.7 Å². The number of hydrogen-bond donors (Lipinski definition) is 1. The number of alkyl halides is 3. The van der Waals surface area contributed by atoms with Gasteiger partial charge in [-0.3, -0.25) is 0 Å². The van der Waals surface area contributed by atoms with Crippen LogP contribution < -0.4 is 5.32 Å². The van der Waals surface area contributed by atoms with Crippen LogP contribution >= 0.6 is 0 Å². The zero-order chi connectivity index (χ0) is 16.4. The summed E-state index contributed by atoms with van der Waals surface area (Å²) in [5.74, 6) is 0.284. The lowest BCUT2D eigenvalue weighted by atomic mass is 10.2. The third kappa shape index (κ3) is 3.20. The molecule has 0 aliphatic carbocycles. The van der Waals surface area contributed by atoms with Gasteiger partial charge in [-0.1, -0.05) is 6.92 Å². The van der Waals surface area contributed by atoms with Crippen molar-refractivity contribution in [3.8, 4) is 0 Å². The molecule has 0 spiro atoms. The number of halogens is 3. The van der Waals surface area contributed by atoms with E-state index >= 15 is 0 Å². The van der Waals surface area contributed by atoms with Crippen molar-refractivity contribution < 1.29 is 13.2 Å². The fourth-order valence-corrected chi connectivity index (χ4v) is 2.00. The van der Waals surface area contributed by atoms with Crippen LogP contribution in [0.5, 0.6) is 0 Å². The van der Waals surface area contributed by atoms with E-state index in [0.29, 0.717) is 16.9 Å². The van der Waals surface area contributed by atoms with Gasteiger partial charge in [0.05, 0.1) is 16.9 Å². The number of aryl methyl sites for hydroxylation is 1.